The SMILES string of the molecule is C=C1/C=C/C(=O)N(C)CC(=O)N[C@@H](CC(=O)OCC)C(=O)O[C@@H]([C@H](C)CCCCCCCCCCCC(C)C)[C@H](C)C(=O)N1. The van der Waals surface area contributed by atoms with E-state index in [1.807, 2.05) is 6.92 Å². The molecule has 0 aromatic rings. The maximum atomic E-state index is 13.4. The number of carbonyl (C=O) groups is 5. The highest BCUT2D eigenvalue weighted by Gasteiger charge is 2.36. The van der Waals surface area contributed by atoms with Gasteiger partial charge in [0.1, 0.15) is 12.1 Å². The van der Waals surface area contributed by atoms with Crippen molar-refractivity contribution in [2.45, 2.75) is 124 Å². The van der Waals surface area contributed by atoms with Crippen molar-refractivity contribution >= 4 is 29.7 Å². The fraction of sp³-hybridized carbons (Fsp3) is 0.735. The molecule has 10 heteroatoms. The van der Waals surface area contributed by atoms with Gasteiger partial charge in [0.25, 0.3) is 0 Å². The van der Waals surface area contributed by atoms with Crippen LogP contribution in [0.1, 0.15) is 112 Å². The molecule has 1 aliphatic rings. The van der Waals surface area contributed by atoms with Crippen LogP contribution in [-0.4, -0.2) is 66.9 Å². The van der Waals surface area contributed by atoms with Gasteiger partial charge >= 0.3 is 11.9 Å². The molecule has 250 valence electrons. The minimum atomic E-state index is -1.34. The monoisotopic (exact) mass is 619 g/mol. The van der Waals surface area contributed by atoms with E-state index in [2.05, 4.69) is 31.1 Å². The first-order chi connectivity index (χ1) is 20.8. The average Bonchev–Trinajstić information content (AvgIpc) is 2.95. The molecule has 10 nitrogen and oxygen atoms in total. The topological polar surface area (TPSA) is 131 Å². The maximum Gasteiger partial charge on any atom is 0.329 e. The van der Waals surface area contributed by atoms with Crippen molar-refractivity contribution in [3.05, 3.63) is 24.4 Å². The summed E-state index contributed by atoms with van der Waals surface area (Å²) in [7, 11) is 1.42. The molecular formula is C34H57N3O7. The number of rotatable bonds is 16. The van der Waals surface area contributed by atoms with Crippen LogP contribution in [-0.2, 0) is 33.4 Å². The first-order valence-electron chi connectivity index (χ1n) is 16.4. The van der Waals surface area contributed by atoms with Crippen molar-refractivity contribution in [3.63, 3.8) is 0 Å². The smallest absolute Gasteiger partial charge is 0.329 e. The highest BCUT2D eigenvalue weighted by Crippen LogP contribution is 2.25. The van der Waals surface area contributed by atoms with Gasteiger partial charge in [-0.15, -0.1) is 0 Å². The van der Waals surface area contributed by atoms with E-state index in [0.717, 1.165) is 36.5 Å². The molecule has 4 atom stereocenters. The number of carbonyl (C=O) groups excluding carboxylic acids is 5. The number of allylic oxidation sites excluding steroid dienone is 1. The number of hydrogen-bond donors (Lipinski definition) is 2. The average molecular weight is 620 g/mol. The van der Waals surface area contributed by atoms with E-state index in [9.17, 15) is 24.0 Å². The van der Waals surface area contributed by atoms with Crippen molar-refractivity contribution in [2.75, 3.05) is 20.2 Å². The van der Waals surface area contributed by atoms with Gasteiger partial charge < -0.3 is 25.0 Å². The summed E-state index contributed by atoms with van der Waals surface area (Å²) in [6, 6.07) is -1.34. The van der Waals surface area contributed by atoms with Crippen LogP contribution < -0.4 is 10.6 Å². The number of amides is 3. The summed E-state index contributed by atoms with van der Waals surface area (Å²) in [5.41, 5.74) is 0.195. The van der Waals surface area contributed by atoms with Crippen LogP contribution in [0.3, 0.4) is 0 Å². The Hall–Kier alpha value is -3.17. The van der Waals surface area contributed by atoms with Crippen molar-refractivity contribution in [1.82, 2.24) is 15.5 Å². The van der Waals surface area contributed by atoms with Gasteiger partial charge in [-0.25, -0.2) is 4.79 Å². The molecule has 0 aliphatic carbocycles. The van der Waals surface area contributed by atoms with Crippen LogP contribution in [0, 0.1) is 17.8 Å². The zero-order chi connectivity index (χ0) is 33.1. The van der Waals surface area contributed by atoms with Crippen LogP contribution in [0.25, 0.3) is 0 Å². The second-order valence-corrected chi connectivity index (χ2v) is 12.5. The summed E-state index contributed by atoms with van der Waals surface area (Å²) in [6.07, 6.45) is 14.1. The van der Waals surface area contributed by atoms with Crippen molar-refractivity contribution < 1.29 is 33.4 Å². The zero-order valence-electron chi connectivity index (χ0n) is 28.0. The van der Waals surface area contributed by atoms with Crippen LogP contribution in [0.5, 0.6) is 0 Å². The fourth-order valence-electron chi connectivity index (χ4n) is 5.22. The molecule has 1 aliphatic heterocycles. The van der Waals surface area contributed by atoms with Gasteiger partial charge in [-0.05, 0) is 31.3 Å². The molecular weight excluding hydrogens is 562 g/mol. The standard InChI is InChI=1S/C34H57N3O7/c1-8-43-31(40)22-28-34(42)44-32(25(4)19-17-15-13-11-9-10-12-14-16-18-24(2)3)27(6)33(41)35-26(5)20-21-30(39)37(7)23-29(38)36-28/h20-21,24-25,27-28,32H,5,8-19,22-23H2,1-4,6-7H3,(H,35,41)(H,36,38)/b21-20+/t25-,27+,28+,32+/m1/s1. The summed E-state index contributed by atoms with van der Waals surface area (Å²) < 4.78 is 10.9. The minimum absolute atomic E-state index is 0.108. The van der Waals surface area contributed by atoms with Crippen LogP contribution in [0.15, 0.2) is 24.4 Å². The molecule has 0 aromatic heterocycles. The number of cyclic esters (lactones) is 1. The molecule has 1 heterocycles. The molecule has 0 bridgehead atoms. The Morgan fingerprint density at radius 2 is 1.55 bits per heavy atom. The number of hydrogen-bond acceptors (Lipinski definition) is 7. The number of nitrogens with one attached hydrogen (secondary N) is 2. The van der Waals surface area contributed by atoms with Crippen molar-refractivity contribution in [3.8, 4) is 0 Å². The molecule has 0 aromatic carbocycles. The predicted octanol–water partition coefficient (Wildman–Crippen LogP) is 5.21. The van der Waals surface area contributed by atoms with E-state index in [1.54, 1.807) is 13.8 Å². The highest BCUT2D eigenvalue weighted by molar-refractivity contribution is 5.93. The van der Waals surface area contributed by atoms with Gasteiger partial charge in [0.15, 0.2) is 0 Å². The number of unbranched alkanes of at least 4 members (excludes halogenated alkanes) is 8. The normalized spacial score (nSPS) is 22.0. The van der Waals surface area contributed by atoms with Gasteiger partial charge in [0.05, 0.1) is 25.5 Å². The van der Waals surface area contributed by atoms with E-state index < -0.39 is 54.1 Å². The summed E-state index contributed by atoms with van der Waals surface area (Å²) in [6.45, 7) is 13.3. The molecule has 1 rings (SSSR count). The third-order valence-corrected chi connectivity index (χ3v) is 7.92. The first kappa shape index (κ1) is 38.9. The molecule has 0 saturated heterocycles. The summed E-state index contributed by atoms with van der Waals surface area (Å²) in [4.78, 5) is 65.2. The zero-order valence-corrected chi connectivity index (χ0v) is 28.0. The maximum absolute atomic E-state index is 13.4. The third kappa shape index (κ3) is 16.1. The summed E-state index contributed by atoms with van der Waals surface area (Å²) in [5, 5.41) is 5.19. The minimum Gasteiger partial charge on any atom is -0.466 e. The molecule has 2 N–H and O–H groups in total. The Kier molecular flexibility index (Phi) is 19.0. The number of nitrogens with zero attached hydrogens (tertiary/aromatic N) is 1. The molecule has 0 fully saturated rings. The van der Waals surface area contributed by atoms with Gasteiger partial charge in [0, 0.05) is 18.8 Å². The largest absolute Gasteiger partial charge is 0.466 e. The molecule has 44 heavy (non-hydrogen) atoms. The van der Waals surface area contributed by atoms with Crippen molar-refractivity contribution in [1.29, 1.82) is 0 Å². The number of likely N-dealkylation sites (N-methyl/N-ethyl adjacent to an activating group) is 1. The van der Waals surface area contributed by atoms with Crippen molar-refractivity contribution in [2.24, 2.45) is 17.8 Å². The van der Waals surface area contributed by atoms with Gasteiger partial charge in [-0.2, -0.15) is 0 Å². The molecule has 0 spiro atoms. The molecule has 0 unspecified atom stereocenters. The van der Waals surface area contributed by atoms with Crippen LogP contribution in [0.4, 0.5) is 0 Å². The molecule has 0 radical (unpaired) electrons. The first-order valence-corrected chi connectivity index (χ1v) is 16.4. The quantitative estimate of drug-likeness (QED) is 0.179. The highest BCUT2D eigenvalue weighted by atomic mass is 16.5. The fourth-order valence-corrected chi connectivity index (χ4v) is 5.22. The van der Waals surface area contributed by atoms with E-state index in [1.165, 1.54) is 64.1 Å². The van der Waals surface area contributed by atoms with Crippen LogP contribution >= 0.6 is 0 Å². The summed E-state index contributed by atoms with van der Waals surface area (Å²) >= 11 is 0. The lowest BCUT2D eigenvalue weighted by Gasteiger charge is -2.30. The Balaban J connectivity index is 2.91. The second kappa shape index (κ2) is 21.5. The van der Waals surface area contributed by atoms with E-state index in [-0.39, 0.29) is 24.8 Å². The van der Waals surface area contributed by atoms with Gasteiger partial charge in [0.2, 0.25) is 17.7 Å². The van der Waals surface area contributed by atoms with E-state index in [0.29, 0.717) is 0 Å². The second-order valence-electron chi connectivity index (χ2n) is 12.5. The number of esters is 2. The predicted molar refractivity (Wildman–Crippen MR) is 171 cm³/mol. The van der Waals surface area contributed by atoms with Gasteiger partial charge in [-0.3, -0.25) is 19.2 Å². The Morgan fingerprint density at radius 3 is 2.11 bits per heavy atom. The lowest BCUT2D eigenvalue weighted by molar-refractivity contribution is -0.163. The van der Waals surface area contributed by atoms with Crippen LogP contribution in [0.2, 0.25) is 0 Å². The molecule has 3 amide bonds. The molecule has 0 saturated carbocycles. The Labute approximate surface area is 264 Å². The lowest BCUT2D eigenvalue weighted by Crippen LogP contribution is -2.49. The van der Waals surface area contributed by atoms with Gasteiger partial charge in [-0.1, -0.05) is 98.5 Å². The van der Waals surface area contributed by atoms with E-state index >= 15 is 0 Å². The lowest BCUT2D eigenvalue weighted by atomic mass is 9.88. The Bertz CT molecular complexity index is 978. The number of ether oxygens (including phenoxy) is 2. The summed E-state index contributed by atoms with van der Waals surface area (Å²) in [5.74, 6) is -3.24. The Morgan fingerprint density at radius 1 is 0.977 bits per heavy atom. The third-order valence-electron chi connectivity index (χ3n) is 7.92. The van der Waals surface area contributed by atoms with E-state index in [4.69, 9.17) is 9.47 Å².